The lowest BCUT2D eigenvalue weighted by molar-refractivity contribution is 0.242. The average molecular weight is 433 g/mol. The van der Waals surface area contributed by atoms with Crippen LogP contribution in [0.1, 0.15) is 0 Å². The van der Waals surface area contributed by atoms with Crippen molar-refractivity contribution in [1.29, 1.82) is 0 Å². The molecule has 0 rings (SSSR count). The van der Waals surface area contributed by atoms with Gasteiger partial charge in [-0.3, -0.25) is 0 Å². The van der Waals surface area contributed by atoms with Crippen molar-refractivity contribution in [1.82, 2.24) is 0 Å². The smallest absolute Gasteiger partial charge is 0.0974 e. The van der Waals surface area contributed by atoms with Crippen LogP contribution in [-0.4, -0.2) is 44.6 Å². The lowest BCUT2D eigenvalue weighted by Crippen LogP contribution is -2.69. The van der Waals surface area contributed by atoms with Gasteiger partial charge in [-0.05, 0) is 3.91 Å². The van der Waals surface area contributed by atoms with Crippen LogP contribution in [0.3, 0.4) is 0 Å². The Morgan fingerprint density at radius 2 is 1.17 bits per heavy atom. The first-order chi connectivity index (χ1) is 7.81. The predicted octanol–water partition coefficient (Wildman–Crippen LogP) is 4.31. The van der Waals surface area contributed by atoms with E-state index in [9.17, 15) is 0 Å². The third-order valence-corrected chi connectivity index (χ3v) is 39.2. The van der Waals surface area contributed by atoms with Crippen molar-refractivity contribution < 1.29 is 4.74 Å². The summed E-state index contributed by atoms with van der Waals surface area (Å²) in [6, 6.07) is 0. The lowest BCUT2D eigenvalue weighted by Gasteiger charge is -2.59. The number of alkyl halides is 1. The minimum atomic E-state index is -1.16. The van der Waals surface area contributed by atoms with Crippen molar-refractivity contribution in [2.75, 3.05) is 10.8 Å². The monoisotopic (exact) mass is 432 g/mol. The van der Waals surface area contributed by atoms with Gasteiger partial charge in [-0.15, -0.1) is 0 Å². The van der Waals surface area contributed by atoms with Crippen LogP contribution in [0.5, 0.6) is 0 Å². The SMILES string of the molecule is C[Si](C)(C)C([SiH2]COCI)([Si](C)(C)C)[Si](C)(C)C. The largest absolute Gasteiger partial charge is 0.375 e. The molecule has 0 amide bonds. The molecule has 0 atom stereocenters. The standard InChI is InChI=1S/C12H33IOSi4/c1-16(2,3)12(17(4,5)6,18(7,8)9)15-11-14-10-13/h10-11,15H2,1-9H3. The number of rotatable bonds is 7. The molecule has 0 aliphatic rings. The van der Waals surface area contributed by atoms with Crippen molar-refractivity contribution in [3.8, 4) is 0 Å². The van der Waals surface area contributed by atoms with Gasteiger partial charge in [0.15, 0.2) is 0 Å². The highest BCUT2D eigenvalue weighted by Crippen LogP contribution is 2.52. The van der Waals surface area contributed by atoms with Gasteiger partial charge in [0.05, 0.1) is 14.1 Å². The van der Waals surface area contributed by atoms with E-state index in [4.69, 9.17) is 4.74 Å². The maximum absolute atomic E-state index is 5.79. The van der Waals surface area contributed by atoms with Gasteiger partial charge in [-0.1, -0.05) is 81.5 Å². The van der Waals surface area contributed by atoms with Gasteiger partial charge in [0, 0.05) is 30.5 Å². The molecular weight excluding hydrogens is 399 g/mol. The third-order valence-electron chi connectivity index (χ3n) is 4.54. The number of hydrogen-bond donors (Lipinski definition) is 0. The molecule has 0 aromatic rings. The summed E-state index contributed by atoms with van der Waals surface area (Å²) in [5.74, 6) is 0. The van der Waals surface area contributed by atoms with Gasteiger partial charge >= 0.3 is 0 Å². The number of halogens is 1. The molecule has 0 aromatic carbocycles. The quantitative estimate of drug-likeness (QED) is 0.252. The molecule has 0 N–H and O–H groups in total. The molecular formula is C12H33IOSi4. The summed E-state index contributed by atoms with van der Waals surface area (Å²) in [4.78, 5) is 0. The van der Waals surface area contributed by atoms with Crippen LogP contribution in [-0.2, 0) is 4.74 Å². The third kappa shape index (κ3) is 4.03. The summed E-state index contributed by atoms with van der Waals surface area (Å²) >= 11 is 2.34. The lowest BCUT2D eigenvalue weighted by atomic mass is 11.5. The minimum Gasteiger partial charge on any atom is -0.375 e. The molecule has 1 nitrogen and oxygen atoms in total. The van der Waals surface area contributed by atoms with Crippen LogP contribution < -0.4 is 0 Å². The average Bonchev–Trinajstić information content (AvgIpc) is 2.05. The van der Waals surface area contributed by atoms with Crippen LogP contribution in [0.15, 0.2) is 0 Å². The Balaban J connectivity index is 5.61. The first kappa shape index (κ1) is 19.6. The Labute approximate surface area is 134 Å². The summed E-state index contributed by atoms with van der Waals surface area (Å²) in [6.07, 6.45) is 1.10. The molecule has 0 heterocycles. The molecule has 0 saturated carbocycles. The maximum Gasteiger partial charge on any atom is 0.0974 e. The van der Waals surface area contributed by atoms with Crippen molar-refractivity contribution in [2.45, 2.75) is 62.8 Å². The fourth-order valence-corrected chi connectivity index (χ4v) is 43.2. The highest BCUT2D eigenvalue weighted by Gasteiger charge is 2.59. The highest BCUT2D eigenvalue weighted by atomic mass is 127. The molecule has 0 saturated heterocycles. The molecule has 0 unspecified atom stereocenters. The fraction of sp³-hybridized carbons (Fsp3) is 1.00. The van der Waals surface area contributed by atoms with E-state index in [1.807, 2.05) is 0 Å². The molecule has 0 aliphatic heterocycles. The van der Waals surface area contributed by atoms with Gasteiger partial charge < -0.3 is 4.74 Å². The van der Waals surface area contributed by atoms with Crippen LogP contribution in [0.4, 0.5) is 0 Å². The molecule has 18 heavy (non-hydrogen) atoms. The van der Waals surface area contributed by atoms with Crippen molar-refractivity contribution in [3.63, 3.8) is 0 Å². The van der Waals surface area contributed by atoms with E-state index >= 15 is 0 Å². The number of hydrogen-bond acceptors (Lipinski definition) is 1. The molecule has 0 aromatic heterocycles. The van der Waals surface area contributed by atoms with Gasteiger partial charge in [0.2, 0.25) is 0 Å². The maximum atomic E-state index is 5.79. The Morgan fingerprint density at radius 1 is 0.833 bits per heavy atom. The summed E-state index contributed by atoms with van der Waals surface area (Å²) in [5, 5.41) is 0. The second-order valence-corrected chi connectivity index (χ2v) is 30.7. The predicted molar refractivity (Wildman–Crippen MR) is 106 cm³/mol. The van der Waals surface area contributed by atoms with Crippen molar-refractivity contribution in [2.24, 2.45) is 0 Å². The summed E-state index contributed by atoms with van der Waals surface area (Å²) in [5.41, 5.74) is 0. The van der Waals surface area contributed by atoms with Crippen molar-refractivity contribution >= 4 is 56.3 Å². The molecule has 110 valence electrons. The Bertz CT molecular complexity index is 227. The topological polar surface area (TPSA) is 9.23 Å². The number of ether oxygens (including phenoxy) is 1. The molecule has 0 bridgehead atoms. The van der Waals surface area contributed by atoms with Gasteiger partial charge in [0.25, 0.3) is 0 Å². The van der Waals surface area contributed by atoms with E-state index in [2.05, 4.69) is 81.5 Å². The zero-order chi connectivity index (χ0) is 14.8. The summed E-state index contributed by atoms with van der Waals surface area (Å²) < 4.78 is 7.45. The highest BCUT2D eigenvalue weighted by molar-refractivity contribution is 14.1. The van der Waals surface area contributed by atoms with E-state index in [-0.39, 0.29) is 9.52 Å². The second-order valence-electron chi connectivity index (χ2n) is 8.42. The van der Waals surface area contributed by atoms with E-state index in [1.165, 1.54) is 0 Å². The van der Waals surface area contributed by atoms with Crippen LogP contribution >= 0.6 is 22.6 Å². The minimum absolute atomic E-state index is 0.147. The normalized spacial score (nSPS) is 15.7. The molecule has 0 spiro atoms. The van der Waals surface area contributed by atoms with Gasteiger partial charge in [0.1, 0.15) is 0 Å². The Hall–Kier alpha value is 1.56. The summed E-state index contributed by atoms with van der Waals surface area (Å²) in [7, 11) is -3.61. The van der Waals surface area contributed by atoms with Crippen LogP contribution in [0.25, 0.3) is 0 Å². The zero-order valence-electron chi connectivity index (χ0n) is 13.9. The van der Waals surface area contributed by atoms with E-state index in [0.29, 0.717) is 0 Å². The van der Waals surface area contributed by atoms with Gasteiger partial charge in [-0.25, -0.2) is 0 Å². The molecule has 0 fully saturated rings. The van der Waals surface area contributed by atoms with E-state index in [1.54, 1.807) is 0 Å². The summed E-state index contributed by atoms with van der Waals surface area (Å²) in [6.45, 7) is 23.6. The first-order valence-electron chi connectivity index (χ1n) is 6.95. The zero-order valence-corrected chi connectivity index (χ0v) is 20.5. The van der Waals surface area contributed by atoms with Crippen LogP contribution in [0.2, 0.25) is 62.8 Å². The van der Waals surface area contributed by atoms with E-state index in [0.717, 1.165) is 14.8 Å². The molecule has 6 heteroatoms. The van der Waals surface area contributed by atoms with Crippen molar-refractivity contribution in [3.05, 3.63) is 0 Å². The van der Waals surface area contributed by atoms with Crippen LogP contribution in [0, 0.1) is 0 Å². The molecule has 0 aliphatic carbocycles. The molecule has 0 radical (unpaired) electrons. The Morgan fingerprint density at radius 3 is 1.39 bits per heavy atom. The van der Waals surface area contributed by atoms with E-state index < -0.39 is 24.2 Å². The first-order valence-corrected chi connectivity index (χ1v) is 20.7. The van der Waals surface area contributed by atoms with Gasteiger partial charge in [-0.2, -0.15) is 0 Å². The second kappa shape index (κ2) is 6.55. The fourth-order valence-electron chi connectivity index (χ4n) is 4.78. The Kier molecular flexibility index (Phi) is 7.11.